The van der Waals surface area contributed by atoms with Crippen LogP contribution in [0.2, 0.25) is 5.02 Å². The number of nitrogens with zero attached hydrogens (tertiary/aromatic N) is 1. The van der Waals surface area contributed by atoms with Gasteiger partial charge in [-0.1, -0.05) is 11.6 Å². The number of anilines is 1. The first-order chi connectivity index (χ1) is 14.0. The molecule has 0 unspecified atom stereocenters. The molecule has 2 aromatic rings. The zero-order chi connectivity index (χ0) is 22.1. The summed E-state index contributed by atoms with van der Waals surface area (Å²) in [5.41, 5.74) is -0.594. The molecule has 2 aromatic carbocycles. The van der Waals surface area contributed by atoms with Crippen molar-refractivity contribution in [1.29, 1.82) is 0 Å². The fraction of sp³-hybridized carbons (Fsp3) is 0.316. The highest BCUT2D eigenvalue weighted by atomic mass is 35.5. The van der Waals surface area contributed by atoms with Gasteiger partial charge in [-0.3, -0.25) is 4.79 Å². The van der Waals surface area contributed by atoms with Gasteiger partial charge in [0.1, 0.15) is 5.82 Å². The van der Waals surface area contributed by atoms with E-state index in [1.54, 1.807) is 0 Å². The minimum Gasteiger partial charge on any atom is -0.326 e. The first-order valence-corrected chi connectivity index (χ1v) is 10.7. The van der Waals surface area contributed by atoms with Crippen LogP contribution in [0.15, 0.2) is 47.4 Å². The molecule has 0 bridgehead atoms. The Morgan fingerprint density at radius 2 is 1.67 bits per heavy atom. The van der Waals surface area contributed by atoms with Crippen LogP contribution in [0.25, 0.3) is 0 Å². The number of benzene rings is 2. The fourth-order valence-electron chi connectivity index (χ4n) is 3.13. The lowest BCUT2D eigenvalue weighted by atomic mass is 9.97. The normalized spacial score (nSPS) is 16.4. The molecule has 0 spiro atoms. The average molecular weight is 465 g/mol. The van der Waals surface area contributed by atoms with Crippen molar-refractivity contribution in [3.63, 3.8) is 0 Å². The maximum Gasteiger partial charge on any atom is 0.416 e. The number of hydrogen-bond acceptors (Lipinski definition) is 3. The Morgan fingerprint density at radius 3 is 2.20 bits per heavy atom. The lowest BCUT2D eigenvalue weighted by Crippen LogP contribution is -2.41. The standard InChI is InChI=1S/C19H17ClF4N2O3S/c20-16-11-15(5-6-17(16)21)30(28,29)26-9-7-12(8-10-26)18(27)25-14-3-1-13(2-4-14)19(22,23)24/h1-6,11-12H,7-10H2,(H,25,27). The predicted molar refractivity (Wildman–Crippen MR) is 103 cm³/mol. The molecule has 1 fully saturated rings. The van der Waals surface area contributed by atoms with E-state index in [2.05, 4.69) is 5.32 Å². The summed E-state index contributed by atoms with van der Waals surface area (Å²) in [6.07, 6.45) is -3.99. The number of piperidine rings is 1. The van der Waals surface area contributed by atoms with Crippen LogP contribution >= 0.6 is 11.6 Å². The van der Waals surface area contributed by atoms with Gasteiger partial charge in [-0.05, 0) is 55.3 Å². The number of halogens is 5. The van der Waals surface area contributed by atoms with E-state index in [1.807, 2.05) is 0 Å². The molecule has 1 amide bonds. The molecular formula is C19H17ClF4N2O3S. The van der Waals surface area contributed by atoms with Crippen molar-refractivity contribution in [2.75, 3.05) is 18.4 Å². The van der Waals surface area contributed by atoms with Crippen molar-refractivity contribution in [1.82, 2.24) is 4.31 Å². The number of sulfonamides is 1. The number of hydrogen-bond donors (Lipinski definition) is 1. The van der Waals surface area contributed by atoms with E-state index in [4.69, 9.17) is 11.6 Å². The molecule has 1 aliphatic heterocycles. The third-order valence-electron chi connectivity index (χ3n) is 4.83. The fourth-order valence-corrected chi connectivity index (χ4v) is 4.87. The van der Waals surface area contributed by atoms with Gasteiger partial charge in [0.15, 0.2) is 0 Å². The quantitative estimate of drug-likeness (QED) is 0.676. The van der Waals surface area contributed by atoms with Gasteiger partial charge >= 0.3 is 6.18 Å². The van der Waals surface area contributed by atoms with Gasteiger partial charge < -0.3 is 5.32 Å². The van der Waals surface area contributed by atoms with E-state index in [0.29, 0.717) is 0 Å². The highest BCUT2D eigenvalue weighted by Crippen LogP contribution is 2.30. The summed E-state index contributed by atoms with van der Waals surface area (Å²) in [5.74, 6) is -1.61. The van der Waals surface area contributed by atoms with Crippen molar-refractivity contribution in [2.24, 2.45) is 5.92 Å². The molecule has 11 heteroatoms. The van der Waals surface area contributed by atoms with Crippen molar-refractivity contribution in [3.05, 3.63) is 58.9 Å². The Morgan fingerprint density at radius 1 is 1.07 bits per heavy atom. The van der Waals surface area contributed by atoms with Crippen molar-refractivity contribution in [3.8, 4) is 0 Å². The molecule has 0 aliphatic carbocycles. The number of nitrogens with one attached hydrogen (secondary N) is 1. The molecule has 162 valence electrons. The Bertz CT molecular complexity index is 1030. The van der Waals surface area contributed by atoms with Crippen LogP contribution in [-0.4, -0.2) is 31.7 Å². The largest absolute Gasteiger partial charge is 0.416 e. The second kappa shape index (κ2) is 8.52. The molecule has 1 N–H and O–H groups in total. The second-order valence-electron chi connectivity index (χ2n) is 6.82. The summed E-state index contributed by atoms with van der Waals surface area (Å²) >= 11 is 5.66. The summed E-state index contributed by atoms with van der Waals surface area (Å²) in [6, 6.07) is 7.21. The Balaban J connectivity index is 1.60. The number of rotatable bonds is 4. The van der Waals surface area contributed by atoms with Crippen LogP contribution in [0.1, 0.15) is 18.4 Å². The average Bonchev–Trinajstić information content (AvgIpc) is 2.69. The zero-order valence-electron chi connectivity index (χ0n) is 15.4. The molecule has 0 atom stereocenters. The highest BCUT2D eigenvalue weighted by molar-refractivity contribution is 7.89. The maximum atomic E-state index is 13.3. The van der Waals surface area contributed by atoms with E-state index in [0.717, 1.165) is 30.3 Å². The molecule has 30 heavy (non-hydrogen) atoms. The van der Waals surface area contributed by atoms with Crippen molar-refractivity contribution < 1.29 is 30.8 Å². The van der Waals surface area contributed by atoms with Crippen LogP contribution in [0.5, 0.6) is 0 Å². The Kier molecular flexibility index (Phi) is 6.40. The third-order valence-corrected chi connectivity index (χ3v) is 7.02. The lowest BCUT2D eigenvalue weighted by molar-refractivity contribution is -0.137. The molecular weight excluding hydrogens is 448 g/mol. The summed E-state index contributed by atoms with van der Waals surface area (Å²) in [5, 5.41) is 2.25. The molecule has 1 aliphatic rings. The Labute approximate surface area is 175 Å². The van der Waals surface area contributed by atoms with E-state index in [1.165, 1.54) is 16.4 Å². The van der Waals surface area contributed by atoms with Gasteiger partial charge in [0.05, 0.1) is 15.5 Å². The molecule has 0 radical (unpaired) electrons. The van der Waals surface area contributed by atoms with E-state index >= 15 is 0 Å². The van der Waals surface area contributed by atoms with Crippen LogP contribution in [-0.2, 0) is 21.0 Å². The summed E-state index contributed by atoms with van der Waals surface area (Å²) in [6.45, 7) is 0.144. The first kappa shape index (κ1) is 22.5. The van der Waals surface area contributed by atoms with E-state index in [-0.39, 0.29) is 41.5 Å². The van der Waals surface area contributed by atoms with Crippen molar-refractivity contribution >= 4 is 33.2 Å². The highest BCUT2D eigenvalue weighted by Gasteiger charge is 2.33. The molecule has 1 heterocycles. The summed E-state index contributed by atoms with van der Waals surface area (Å²) < 4.78 is 77.7. The van der Waals surface area contributed by atoms with Crippen LogP contribution in [0.4, 0.5) is 23.2 Å². The second-order valence-corrected chi connectivity index (χ2v) is 9.16. The molecule has 0 aromatic heterocycles. The third kappa shape index (κ3) is 4.93. The van der Waals surface area contributed by atoms with Gasteiger partial charge in [-0.25, -0.2) is 12.8 Å². The first-order valence-electron chi connectivity index (χ1n) is 8.92. The molecule has 0 saturated carbocycles. The number of carbonyl (C=O) groups is 1. The number of alkyl halides is 3. The zero-order valence-corrected chi connectivity index (χ0v) is 17.0. The SMILES string of the molecule is O=C(Nc1ccc(C(F)(F)F)cc1)C1CCN(S(=O)(=O)c2ccc(F)c(Cl)c2)CC1. The van der Waals surface area contributed by atoms with Crippen LogP contribution < -0.4 is 5.32 Å². The van der Waals surface area contributed by atoms with Gasteiger partial charge in [0, 0.05) is 24.7 Å². The predicted octanol–water partition coefficient (Wildman–Crippen LogP) is 4.54. The minimum absolute atomic E-state index is 0.0719. The lowest BCUT2D eigenvalue weighted by Gasteiger charge is -2.30. The Hall–Kier alpha value is -2.17. The van der Waals surface area contributed by atoms with E-state index < -0.39 is 39.4 Å². The van der Waals surface area contributed by atoms with Gasteiger partial charge in [-0.2, -0.15) is 17.5 Å². The van der Waals surface area contributed by atoms with Crippen molar-refractivity contribution in [2.45, 2.75) is 23.9 Å². The number of carbonyl (C=O) groups excluding carboxylic acids is 1. The number of amides is 1. The van der Waals surface area contributed by atoms with Crippen LogP contribution in [0, 0.1) is 11.7 Å². The molecule has 3 rings (SSSR count). The van der Waals surface area contributed by atoms with Crippen LogP contribution in [0.3, 0.4) is 0 Å². The summed E-state index contributed by atoms with van der Waals surface area (Å²) in [7, 11) is -3.88. The summed E-state index contributed by atoms with van der Waals surface area (Å²) in [4.78, 5) is 12.3. The monoisotopic (exact) mass is 464 g/mol. The molecule has 5 nitrogen and oxygen atoms in total. The van der Waals surface area contributed by atoms with Gasteiger partial charge in [0.25, 0.3) is 0 Å². The van der Waals surface area contributed by atoms with E-state index in [9.17, 15) is 30.8 Å². The topological polar surface area (TPSA) is 66.5 Å². The van der Waals surface area contributed by atoms with Gasteiger partial charge in [0.2, 0.25) is 15.9 Å². The smallest absolute Gasteiger partial charge is 0.326 e. The molecule has 1 saturated heterocycles. The maximum absolute atomic E-state index is 13.3. The van der Waals surface area contributed by atoms with Gasteiger partial charge in [-0.15, -0.1) is 0 Å². The minimum atomic E-state index is -4.46.